The molecule has 0 N–H and O–H groups in total. The smallest absolute Gasteiger partial charge is 0.331 e. The predicted molar refractivity (Wildman–Crippen MR) is 130 cm³/mol. The van der Waals surface area contributed by atoms with E-state index >= 15 is 0 Å². The van der Waals surface area contributed by atoms with E-state index in [0.717, 1.165) is 69.1 Å². The monoisotopic (exact) mass is 456 g/mol. The summed E-state index contributed by atoms with van der Waals surface area (Å²) >= 11 is 0. The second-order valence-electron chi connectivity index (χ2n) is 10.3. The Labute approximate surface area is 198 Å². The van der Waals surface area contributed by atoms with E-state index in [1.54, 1.807) is 13.2 Å². The van der Waals surface area contributed by atoms with Crippen LogP contribution in [0.25, 0.3) is 6.08 Å². The van der Waals surface area contributed by atoms with Crippen LogP contribution in [0.1, 0.15) is 84.1 Å². The zero-order valence-electron chi connectivity index (χ0n) is 20.7. The first-order valence-electron chi connectivity index (χ1n) is 12.5. The molecule has 0 saturated heterocycles. The summed E-state index contributed by atoms with van der Waals surface area (Å²) in [5, 5.41) is 0. The Bertz CT molecular complexity index is 794. The molecular formula is C28H40O5. The molecule has 182 valence electrons. The van der Waals surface area contributed by atoms with Crippen molar-refractivity contribution >= 4 is 18.0 Å². The minimum Gasteiger partial charge on any atom is -0.497 e. The summed E-state index contributed by atoms with van der Waals surface area (Å²) in [7, 11) is 1.63. The van der Waals surface area contributed by atoms with Crippen LogP contribution in [-0.4, -0.2) is 31.3 Å². The molecule has 0 spiro atoms. The maximum Gasteiger partial charge on any atom is 0.331 e. The Morgan fingerprint density at radius 3 is 1.88 bits per heavy atom. The van der Waals surface area contributed by atoms with Crippen molar-refractivity contribution in [3.63, 3.8) is 0 Å². The van der Waals surface area contributed by atoms with Crippen LogP contribution < -0.4 is 4.74 Å². The lowest BCUT2D eigenvalue weighted by Gasteiger charge is -2.37. The van der Waals surface area contributed by atoms with Crippen LogP contribution in [0.15, 0.2) is 30.3 Å². The summed E-state index contributed by atoms with van der Waals surface area (Å²) in [5.74, 6) is 1.86. The minimum absolute atomic E-state index is 0.0165. The molecule has 5 heteroatoms. The number of hydrogen-bond acceptors (Lipinski definition) is 5. The average Bonchev–Trinajstić information content (AvgIpc) is 2.84. The Morgan fingerprint density at radius 1 is 0.879 bits per heavy atom. The third-order valence-electron chi connectivity index (χ3n) is 7.63. The number of rotatable bonds is 8. The highest BCUT2D eigenvalue weighted by Gasteiger charge is 2.35. The largest absolute Gasteiger partial charge is 0.497 e. The Balaban J connectivity index is 1.36. The average molecular weight is 457 g/mol. The highest BCUT2D eigenvalue weighted by atomic mass is 16.5. The fourth-order valence-corrected chi connectivity index (χ4v) is 4.89. The fraction of sp³-hybridized carbons (Fsp3) is 0.643. The Kier molecular flexibility index (Phi) is 8.99. The van der Waals surface area contributed by atoms with Crippen molar-refractivity contribution in [2.75, 3.05) is 7.11 Å². The molecule has 0 amide bonds. The molecule has 2 aliphatic rings. The molecule has 3 rings (SSSR count). The van der Waals surface area contributed by atoms with Crippen molar-refractivity contribution in [1.29, 1.82) is 0 Å². The van der Waals surface area contributed by atoms with Gasteiger partial charge in [-0.1, -0.05) is 19.1 Å². The van der Waals surface area contributed by atoms with Gasteiger partial charge in [0.1, 0.15) is 18.0 Å². The van der Waals surface area contributed by atoms with E-state index in [1.165, 1.54) is 6.08 Å². The molecule has 0 bridgehead atoms. The van der Waals surface area contributed by atoms with Crippen LogP contribution in [0.4, 0.5) is 0 Å². The molecule has 33 heavy (non-hydrogen) atoms. The van der Waals surface area contributed by atoms with E-state index in [4.69, 9.17) is 14.2 Å². The van der Waals surface area contributed by atoms with Crippen LogP contribution in [0.2, 0.25) is 0 Å². The number of methoxy groups -OCH3 is 1. The second kappa shape index (κ2) is 11.7. The Morgan fingerprint density at radius 2 is 1.39 bits per heavy atom. The predicted octanol–water partition coefficient (Wildman–Crippen LogP) is 6.35. The van der Waals surface area contributed by atoms with Crippen LogP contribution in [-0.2, 0) is 19.1 Å². The van der Waals surface area contributed by atoms with E-state index in [1.807, 2.05) is 45.0 Å². The summed E-state index contributed by atoms with van der Waals surface area (Å²) in [5.41, 5.74) is 0.548. The van der Waals surface area contributed by atoms with Crippen molar-refractivity contribution in [1.82, 2.24) is 0 Å². The van der Waals surface area contributed by atoms with Gasteiger partial charge in [-0.2, -0.15) is 0 Å². The molecule has 2 aliphatic carbocycles. The lowest BCUT2D eigenvalue weighted by molar-refractivity contribution is -0.162. The van der Waals surface area contributed by atoms with Crippen molar-refractivity contribution < 1.29 is 23.8 Å². The number of carbonyl (C=O) groups is 2. The molecule has 1 aromatic rings. The van der Waals surface area contributed by atoms with Gasteiger partial charge in [-0.25, -0.2) is 4.79 Å². The first-order valence-corrected chi connectivity index (χ1v) is 12.5. The van der Waals surface area contributed by atoms with Gasteiger partial charge in [0.2, 0.25) is 0 Å². The van der Waals surface area contributed by atoms with Gasteiger partial charge >= 0.3 is 11.9 Å². The van der Waals surface area contributed by atoms with Gasteiger partial charge in [-0.05, 0) is 107 Å². The van der Waals surface area contributed by atoms with Crippen LogP contribution in [0.3, 0.4) is 0 Å². The number of carbonyl (C=O) groups excluding carboxylic acids is 2. The zero-order chi connectivity index (χ0) is 23.8. The van der Waals surface area contributed by atoms with Crippen LogP contribution in [0, 0.1) is 17.3 Å². The molecule has 2 saturated carbocycles. The first-order chi connectivity index (χ1) is 15.8. The number of ether oxygens (including phenoxy) is 3. The van der Waals surface area contributed by atoms with E-state index in [9.17, 15) is 9.59 Å². The highest BCUT2D eigenvalue weighted by molar-refractivity contribution is 5.87. The van der Waals surface area contributed by atoms with Gasteiger partial charge in [0, 0.05) is 6.08 Å². The second-order valence-corrected chi connectivity index (χ2v) is 10.3. The number of benzene rings is 1. The van der Waals surface area contributed by atoms with Crippen molar-refractivity contribution in [2.24, 2.45) is 17.3 Å². The molecule has 0 unspecified atom stereocenters. The zero-order valence-corrected chi connectivity index (χ0v) is 20.7. The van der Waals surface area contributed by atoms with Crippen molar-refractivity contribution in [2.45, 2.75) is 90.8 Å². The fourth-order valence-electron chi connectivity index (χ4n) is 4.89. The molecule has 1 aromatic carbocycles. The van der Waals surface area contributed by atoms with Gasteiger partial charge in [0.25, 0.3) is 0 Å². The first kappa shape index (κ1) is 25.3. The highest BCUT2D eigenvalue weighted by Crippen LogP contribution is 2.40. The Hall–Kier alpha value is -2.30. The molecule has 0 aromatic heterocycles. The normalized spacial score (nSPS) is 26.1. The summed E-state index contributed by atoms with van der Waals surface area (Å²) in [6.07, 6.45) is 12.5. The van der Waals surface area contributed by atoms with E-state index in [0.29, 0.717) is 11.8 Å². The van der Waals surface area contributed by atoms with Gasteiger partial charge in [0.15, 0.2) is 0 Å². The number of esters is 2. The lowest BCUT2D eigenvalue weighted by Crippen LogP contribution is -2.34. The third kappa shape index (κ3) is 7.35. The number of hydrogen-bond donors (Lipinski definition) is 0. The van der Waals surface area contributed by atoms with Gasteiger partial charge < -0.3 is 14.2 Å². The SMILES string of the molecule is CCC(C)(C)C(=O)OC1CCC(C2CCC(OC(=O)/C=C/c3ccc(OC)cc3)CC2)CC1. The molecule has 0 heterocycles. The standard InChI is InChI=1S/C28H40O5/c1-5-28(2,3)27(30)33-25-17-11-22(12-18-25)21-9-15-24(16-10-21)32-26(29)19-8-20-6-13-23(31-4)14-7-20/h6-8,13-14,19,21-22,24-25H,5,9-12,15-18H2,1-4H3/b19-8+. The third-order valence-corrected chi connectivity index (χ3v) is 7.63. The quantitative estimate of drug-likeness (QED) is 0.337. The molecule has 0 atom stereocenters. The lowest BCUT2D eigenvalue weighted by atomic mass is 9.72. The molecule has 5 nitrogen and oxygen atoms in total. The van der Waals surface area contributed by atoms with E-state index in [2.05, 4.69) is 0 Å². The summed E-state index contributed by atoms with van der Waals surface area (Å²) in [4.78, 5) is 24.6. The topological polar surface area (TPSA) is 61.8 Å². The van der Waals surface area contributed by atoms with Gasteiger partial charge in [-0.15, -0.1) is 0 Å². The van der Waals surface area contributed by atoms with E-state index < -0.39 is 5.41 Å². The van der Waals surface area contributed by atoms with Gasteiger partial charge in [-0.3, -0.25) is 4.79 Å². The van der Waals surface area contributed by atoms with Gasteiger partial charge in [0.05, 0.1) is 12.5 Å². The van der Waals surface area contributed by atoms with Crippen molar-refractivity contribution in [3.8, 4) is 5.75 Å². The van der Waals surface area contributed by atoms with Crippen LogP contribution >= 0.6 is 0 Å². The molecule has 0 radical (unpaired) electrons. The summed E-state index contributed by atoms with van der Waals surface area (Å²) in [6, 6.07) is 7.56. The molecule has 2 fully saturated rings. The maximum absolute atomic E-state index is 12.4. The maximum atomic E-state index is 12.4. The molecule has 0 aliphatic heterocycles. The minimum atomic E-state index is -0.392. The summed E-state index contributed by atoms with van der Waals surface area (Å²) < 4.78 is 16.6. The van der Waals surface area contributed by atoms with E-state index in [-0.39, 0.29) is 24.1 Å². The van der Waals surface area contributed by atoms with Crippen molar-refractivity contribution in [3.05, 3.63) is 35.9 Å². The molecular weight excluding hydrogens is 416 g/mol. The van der Waals surface area contributed by atoms with Crippen LogP contribution in [0.5, 0.6) is 5.75 Å². The summed E-state index contributed by atoms with van der Waals surface area (Å²) in [6.45, 7) is 5.95.